The van der Waals surface area contributed by atoms with Crippen LogP contribution in [0.2, 0.25) is 0 Å². The molecule has 0 bridgehead atoms. The van der Waals surface area contributed by atoms with Crippen molar-refractivity contribution in [1.82, 2.24) is 10.2 Å². The molecule has 0 saturated heterocycles. The van der Waals surface area contributed by atoms with Gasteiger partial charge in [-0.3, -0.25) is 10.1 Å². The number of amides is 1. The molecule has 7 nitrogen and oxygen atoms in total. The van der Waals surface area contributed by atoms with Crippen LogP contribution in [0.1, 0.15) is 12.0 Å². The summed E-state index contributed by atoms with van der Waals surface area (Å²) in [5.41, 5.74) is 1.85. The lowest BCUT2D eigenvalue weighted by molar-refractivity contribution is -0.115. The Balaban J connectivity index is 1.56. The maximum atomic E-state index is 12.1. The summed E-state index contributed by atoms with van der Waals surface area (Å²) in [7, 11) is 3.12. The van der Waals surface area contributed by atoms with Gasteiger partial charge in [0.2, 0.25) is 11.8 Å². The predicted molar refractivity (Wildman–Crippen MR) is 108 cm³/mol. The van der Waals surface area contributed by atoms with Gasteiger partial charge in [-0.25, -0.2) is 0 Å². The number of hydrogen-bond acceptors (Lipinski definition) is 7. The Kier molecular flexibility index (Phi) is 6.54. The summed E-state index contributed by atoms with van der Waals surface area (Å²) in [6, 6.07) is 13.5. The number of aromatic nitrogens is 2. The van der Waals surface area contributed by atoms with E-state index in [-0.39, 0.29) is 17.8 Å². The number of anilines is 1. The van der Waals surface area contributed by atoms with Crippen LogP contribution < -0.4 is 14.8 Å². The van der Waals surface area contributed by atoms with Crippen molar-refractivity contribution >= 4 is 23.7 Å². The summed E-state index contributed by atoms with van der Waals surface area (Å²) in [6.45, 7) is 2.04. The summed E-state index contributed by atoms with van der Waals surface area (Å²) >= 11 is 1.62. The second-order valence-electron chi connectivity index (χ2n) is 5.97. The van der Waals surface area contributed by atoms with Gasteiger partial charge in [0.05, 0.1) is 14.2 Å². The van der Waals surface area contributed by atoms with Crippen molar-refractivity contribution in [3.05, 3.63) is 48.0 Å². The van der Waals surface area contributed by atoms with E-state index in [1.165, 1.54) is 5.56 Å². The Morgan fingerprint density at radius 1 is 1.07 bits per heavy atom. The molecule has 0 radical (unpaired) electrons. The summed E-state index contributed by atoms with van der Waals surface area (Å²) in [5, 5.41) is 10.5. The number of rotatable bonds is 8. The van der Waals surface area contributed by atoms with Crippen LogP contribution >= 0.6 is 11.8 Å². The summed E-state index contributed by atoms with van der Waals surface area (Å²) in [5.74, 6) is 1.94. The van der Waals surface area contributed by atoms with E-state index in [0.29, 0.717) is 29.2 Å². The van der Waals surface area contributed by atoms with E-state index in [4.69, 9.17) is 13.9 Å². The van der Waals surface area contributed by atoms with Crippen molar-refractivity contribution in [3.8, 4) is 23.0 Å². The fourth-order valence-electron chi connectivity index (χ4n) is 2.40. The van der Waals surface area contributed by atoms with E-state index in [9.17, 15) is 4.79 Å². The van der Waals surface area contributed by atoms with Crippen LogP contribution in [0.15, 0.2) is 51.8 Å². The monoisotopic (exact) mass is 399 g/mol. The summed E-state index contributed by atoms with van der Waals surface area (Å²) in [4.78, 5) is 13.2. The maximum Gasteiger partial charge on any atom is 0.322 e. The number of aryl methyl sites for hydroxylation is 1. The first-order chi connectivity index (χ1) is 13.6. The molecule has 3 rings (SSSR count). The highest BCUT2D eigenvalue weighted by Gasteiger charge is 2.13. The molecule has 146 valence electrons. The molecule has 0 spiro atoms. The molecule has 0 aliphatic heterocycles. The molecule has 0 unspecified atom stereocenters. The standard InChI is InChI=1S/C20H21N3O4S/c1-13-4-6-17(7-5-13)28-9-8-18(24)21-20-23-22-19(27-20)14-10-15(25-2)12-16(11-14)26-3/h4-7,10-12H,8-9H2,1-3H3,(H,21,23,24). The molecule has 1 N–H and O–H groups in total. The van der Waals surface area contributed by atoms with E-state index in [1.54, 1.807) is 44.2 Å². The first-order valence-electron chi connectivity index (χ1n) is 8.63. The fraction of sp³-hybridized carbons (Fsp3) is 0.250. The lowest BCUT2D eigenvalue weighted by atomic mass is 10.2. The number of benzene rings is 2. The Morgan fingerprint density at radius 3 is 2.39 bits per heavy atom. The van der Waals surface area contributed by atoms with Crippen molar-refractivity contribution in [1.29, 1.82) is 0 Å². The number of hydrogen-bond donors (Lipinski definition) is 1. The molecule has 1 heterocycles. The van der Waals surface area contributed by atoms with Crippen molar-refractivity contribution in [2.24, 2.45) is 0 Å². The molecule has 3 aromatic rings. The SMILES string of the molecule is COc1cc(OC)cc(-c2nnc(NC(=O)CCSc3ccc(C)cc3)o2)c1. The minimum atomic E-state index is -0.182. The molecule has 0 aliphatic carbocycles. The van der Waals surface area contributed by atoms with E-state index in [0.717, 1.165) is 4.90 Å². The predicted octanol–water partition coefficient (Wildman–Crippen LogP) is 4.18. The Labute approximate surface area is 167 Å². The van der Waals surface area contributed by atoms with E-state index in [2.05, 4.69) is 27.6 Å². The second-order valence-corrected chi connectivity index (χ2v) is 7.14. The van der Waals surface area contributed by atoms with Crippen LogP contribution in [0.5, 0.6) is 11.5 Å². The molecular formula is C20H21N3O4S. The first-order valence-corrected chi connectivity index (χ1v) is 9.62. The second kappa shape index (κ2) is 9.27. The molecule has 0 atom stereocenters. The average molecular weight is 399 g/mol. The lowest BCUT2D eigenvalue weighted by Crippen LogP contribution is -2.12. The van der Waals surface area contributed by atoms with Crippen LogP contribution in [0.4, 0.5) is 6.01 Å². The normalized spacial score (nSPS) is 10.5. The van der Waals surface area contributed by atoms with Gasteiger partial charge < -0.3 is 13.9 Å². The topological polar surface area (TPSA) is 86.5 Å². The van der Waals surface area contributed by atoms with E-state index >= 15 is 0 Å². The molecule has 0 fully saturated rings. The smallest absolute Gasteiger partial charge is 0.322 e. The van der Waals surface area contributed by atoms with Crippen LogP contribution in [0.3, 0.4) is 0 Å². The Hall–Kier alpha value is -3.00. The largest absolute Gasteiger partial charge is 0.497 e. The Morgan fingerprint density at radius 2 is 1.75 bits per heavy atom. The van der Waals surface area contributed by atoms with Crippen LogP contribution in [-0.4, -0.2) is 36.1 Å². The highest BCUT2D eigenvalue weighted by atomic mass is 32.2. The zero-order valence-electron chi connectivity index (χ0n) is 15.9. The van der Waals surface area contributed by atoms with Gasteiger partial charge in [0.25, 0.3) is 0 Å². The number of thioether (sulfide) groups is 1. The zero-order valence-corrected chi connectivity index (χ0v) is 16.7. The van der Waals surface area contributed by atoms with Gasteiger partial charge in [0.15, 0.2) is 0 Å². The molecule has 1 amide bonds. The lowest BCUT2D eigenvalue weighted by Gasteiger charge is -2.05. The molecule has 0 aliphatic rings. The minimum Gasteiger partial charge on any atom is -0.497 e. The highest BCUT2D eigenvalue weighted by molar-refractivity contribution is 7.99. The summed E-state index contributed by atoms with van der Waals surface area (Å²) in [6.07, 6.45) is 0.337. The van der Waals surface area contributed by atoms with Gasteiger partial charge in [-0.15, -0.1) is 16.9 Å². The third-order valence-corrected chi connectivity index (χ3v) is 4.90. The van der Waals surface area contributed by atoms with Gasteiger partial charge >= 0.3 is 6.01 Å². The summed E-state index contributed by atoms with van der Waals surface area (Å²) < 4.78 is 16.0. The molecule has 28 heavy (non-hydrogen) atoms. The number of nitrogens with one attached hydrogen (secondary N) is 1. The van der Waals surface area contributed by atoms with Crippen molar-refractivity contribution in [2.45, 2.75) is 18.2 Å². The molecule has 2 aromatic carbocycles. The third kappa shape index (κ3) is 5.26. The van der Waals surface area contributed by atoms with Gasteiger partial charge in [-0.2, -0.15) is 0 Å². The fourth-order valence-corrected chi connectivity index (χ4v) is 3.25. The van der Waals surface area contributed by atoms with Gasteiger partial charge in [0.1, 0.15) is 11.5 Å². The number of carbonyl (C=O) groups is 1. The first kappa shape index (κ1) is 19.8. The maximum absolute atomic E-state index is 12.1. The molecule has 8 heteroatoms. The molecule has 1 aromatic heterocycles. The number of ether oxygens (including phenoxy) is 2. The minimum absolute atomic E-state index is 0.0575. The molecule has 0 saturated carbocycles. The number of methoxy groups -OCH3 is 2. The van der Waals surface area contributed by atoms with Crippen molar-refractivity contribution in [3.63, 3.8) is 0 Å². The van der Waals surface area contributed by atoms with E-state index in [1.807, 2.05) is 19.1 Å². The average Bonchev–Trinajstić information content (AvgIpc) is 3.17. The third-order valence-electron chi connectivity index (χ3n) is 3.89. The number of nitrogens with zero attached hydrogens (tertiary/aromatic N) is 2. The van der Waals surface area contributed by atoms with Gasteiger partial charge in [-0.05, 0) is 31.2 Å². The zero-order chi connectivity index (χ0) is 19.9. The Bertz CT molecular complexity index is 919. The highest BCUT2D eigenvalue weighted by Crippen LogP contribution is 2.29. The van der Waals surface area contributed by atoms with Gasteiger partial charge in [0, 0.05) is 28.7 Å². The van der Waals surface area contributed by atoms with Crippen molar-refractivity contribution < 1.29 is 18.7 Å². The van der Waals surface area contributed by atoms with Crippen LogP contribution in [0.25, 0.3) is 11.5 Å². The quantitative estimate of drug-likeness (QED) is 0.569. The van der Waals surface area contributed by atoms with Crippen LogP contribution in [0, 0.1) is 6.92 Å². The van der Waals surface area contributed by atoms with E-state index < -0.39 is 0 Å². The van der Waals surface area contributed by atoms with Gasteiger partial charge in [-0.1, -0.05) is 22.8 Å². The number of carbonyl (C=O) groups excluding carboxylic acids is 1. The van der Waals surface area contributed by atoms with Crippen molar-refractivity contribution in [2.75, 3.05) is 25.3 Å². The van der Waals surface area contributed by atoms with Crippen LogP contribution in [-0.2, 0) is 4.79 Å². The molecular weight excluding hydrogens is 378 g/mol.